The first-order valence-corrected chi connectivity index (χ1v) is 8.14. The van der Waals surface area contributed by atoms with Gasteiger partial charge in [0, 0.05) is 50.1 Å². The molecule has 1 unspecified atom stereocenters. The summed E-state index contributed by atoms with van der Waals surface area (Å²) in [5, 5.41) is 4.46. The van der Waals surface area contributed by atoms with Gasteiger partial charge in [0.25, 0.3) is 0 Å². The maximum absolute atomic E-state index is 5.93. The number of furan rings is 1. The molecule has 0 amide bonds. The van der Waals surface area contributed by atoms with E-state index in [1.165, 1.54) is 11.3 Å². The summed E-state index contributed by atoms with van der Waals surface area (Å²) in [6.07, 6.45) is 8.90. The molecule has 0 aliphatic carbocycles. The lowest BCUT2D eigenvalue weighted by Crippen LogP contribution is -2.30. The molecule has 1 aliphatic rings. The van der Waals surface area contributed by atoms with Crippen LogP contribution in [0.1, 0.15) is 11.3 Å². The molecule has 0 radical (unpaired) electrons. The molecule has 6 heteroatoms. The summed E-state index contributed by atoms with van der Waals surface area (Å²) in [4.78, 5) is 6.52. The number of fused-ring (bicyclic) bond motifs is 1. The van der Waals surface area contributed by atoms with Crippen molar-refractivity contribution in [3.8, 4) is 5.75 Å². The zero-order chi connectivity index (χ0) is 16.2. The Balaban J connectivity index is 1.46. The highest BCUT2D eigenvalue weighted by Gasteiger charge is 2.23. The van der Waals surface area contributed by atoms with Crippen molar-refractivity contribution in [1.29, 1.82) is 0 Å². The minimum atomic E-state index is 0.359. The van der Waals surface area contributed by atoms with E-state index >= 15 is 0 Å². The third-order valence-corrected chi connectivity index (χ3v) is 4.24. The number of aromatic nitrogens is 3. The first-order valence-electron chi connectivity index (χ1n) is 8.14. The molecule has 0 saturated heterocycles. The zero-order valence-electron chi connectivity index (χ0n) is 13.4. The largest absolute Gasteiger partial charge is 0.492 e. The smallest absolute Gasteiger partial charge is 0.137 e. The van der Waals surface area contributed by atoms with Gasteiger partial charge in [0.2, 0.25) is 0 Å². The van der Waals surface area contributed by atoms with Gasteiger partial charge in [-0.05, 0) is 24.3 Å². The van der Waals surface area contributed by atoms with E-state index in [2.05, 4.69) is 25.7 Å². The van der Waals surface area contributed by atoms with Crippen molar-refractivity contribution in [1.82, 2.24) is 19.7 Å². The Morgan fingerprint density at radius 3 is 3.04 bits per heavy atom. The molecule has 6 nitrogen and oxygen atoms in total. The molecule has 24 heavy (non-hydrogen) atoms. The molecule has 0 bridgehead atoms. The van der Waals surface area contributed by atoms with Crippen LogP contribution < -0.4 is 4.74 Å². The SMILES string of the molecule is c1cncc(OCC2CN(Cc3ccoc3)Cc3ccnn3C2)c1. The van der Waals surface area contributed by atoms with E-state index in [-0.39, 0.29) is 0 Å². The summed E-state index contributed by atoms with van der Waals surface area (Å²) in [5.41, 5.74) is 2.43. The minimum Gasteiger partial charge on any atom is -0.492 e. The first kappa shape index (κ1) is 15.0. The van der Waals surface area contributed by atoms with Gasteiger partial charge in [-0.1, -0.05) is 0 Å². The molecule has 3 aromatic rings. The Labute approximate surface area is 140 Å². The van der Waals surface area contributed by atoms with Crippen molar-refractivity contribution >= 4 is 0 Å². The van der Waals surface area contributed by atoms with Crippen LogP contribution in [-0.2, 0) is 19.6 Å². The van der Waals surface area contributed by atoms with E-state index in [0.717, 1.165) is 31.9 Å². The summed E-state index contributed by atoms with van der Waals surface area (Å²) in [6.45, 7) is 4.21. The van der Waals surface area contributed by atoms with E-state index in [1.807, 2.05) is 30.7 Å². The second kappa shape index (κ2) is 6.88. The minimum absolute atomic E-state index is 0.359. The van der Waals surface area contributed by atoms with Gasteiger partial charge in [0.1, 0.15) is 5.75 Å². The Kier molecular flexibility index (Phi) is 4.29. The van der Waals surface area contributed by atoms with Gasteiger partial charge in [0.15, 0.2) is 0 Å². The standard InChI is InChI=1S/C18H20N4O2/c1-2-18(8-19-5-1)24-14-16-10-21(9-15-4-7-23-13-15)12-17-3-6-20-22(17)11-16/h1-8,13,16H,9-12,14H2. The predicted octanol–water partition coefficient (Wildman–Crippen LogP) is 2.58. The second-order valence-electron chi connectivity index (χ2n) is 6.17. The number of ether oxygens (including phenoxy) is 1. The summed E-state index contributed by atoms with van der Waals surface area (Å²) < 4.78 is 13.2. The highest BCUT2D eigenvalue weighted by Crippen LogP contribution is 2.19. The van der Waals surface area contributed by atoms with Crippen LogP contribution in [0.4, 0.5) is 0 Å². The normalized spacial score (nSPS) is 18.1. The monoisotopic (exact) mass is 324 g/mol. The molecule has 3 aromatic heterocycles. The molecule has 124 valence electrons. The van der Waals surface area contributed by atoms with Crippen LogP contribution in [0.15, 0.2) is 59.8 Å². The van der Waals surface area contributed by atoms with Crippen LogP contribution in [-0.4, -0.2) is 32.8 Å². The molecule has 0 N–H and O–H groups in total. The van der Waals surface area contributed by atoms with Crippen LogP contribution in [0.3, 0.4) is 0 Å². The lowest BCUT2D eigenvalue weighted by atomic mass is 10.1. The molecular formula is C18H20N4O2. The van der Waals surface area contributed by atoms with Gasteiger partial charge in [-0.2, -0.15) is 5.10 Å². The Bertz CT molecular complexity index is 754. The van der Waals surface area contributed by atoms with Crippen LogP contribution in [0, 0.1) is 5.92 Å². The third kappa shape index (κ3) is 3.49. The lowest BCUT2D eigenvalue weighted by Gasteiger charge is -2.23. The summed E-state index contributed by atoms with van der Waals surface area (Å²) in [5.74, 6) is 1.17. The fourth-order valence-corrected chi connectivity index (χ4v) is 3.13. The summed E-state index contributed by atoms with van der Waals surface area (Å²) >= 11 is 0. The molecule has 0 fully saturated rings. The molecular weight excluding hydrogens is 304 g/mol. The summed E-state index contributed by atoms with van der Waals surface area (Å²) in [6, 6.07) is 7.93. The van der Waals surface area contributed by atoms with Crippen molar-refractivity contribution in [2.75, 3.05) is 13.2 Å². The van der Waals surface area contributed by atoms with E-state index in [0.29, 0.717) is 12.5 Å². The number of hydrogen-bond donors (Lipinski definition) is 0. The zero-order valence-corrected chi connectivity index (χ0v) is 13.4. The third-order valence-electron chi connectivity index (χ3n) is 4.24. The molecule has 1 aliphatic heterocycles. The fourth-order valence-electron chi connectivity index (χ4n) is 3.13. The number of pyridine rings is 1. The Morgan fingerprint density at radius 1 is 1.21 bits per heavy atom. The van der Waals surface area contributed by atoms with Crippen molar-refractivity contribution in [2.24, 2.45) is 5.92 Å². The quantitative estimate of drug-likeness (QED) is 0.722. The molecule has 0 saturated carbocycles. The van der Waals surface area contributed by atoms with Gasteiger partial charge in [-0.25, -0.2) is 0 Å². The topological polar surface area (TPSA) is 56.3 Å². The number of hydrogen-bond acceptors (Lipinski definition) is 5. The molecule has 1 atom stereocenters. The van der Waals surface area contributed by atoms with Crippen molar-refractivity contribution in [3.05, 3.63) is 66.6 Å². The van der Waals surface area contributed by atoms with Crippen molar-refractivity contribution in [2.45, 2.75) is 19.6 Å². The molecule has 0 aromatic carbocycles. The van der Waals surface area contributed by atoms with Gasteiger partial charge in [-0.3, -0.25) is 14.6 Å². The average Bonchev–Trinajstić information content (AvgIpc) is 3.23. The Morgan fingerprint density at radius 2 is 2.21 bits per heavy atom. The van der Waals surface area contributed by atoms with Crippen LogP contribution in [0.5, 0.6) is 5.75 Å². The fraction of sp³-hybridized carbons (Fsp3) is 0.333. The number of rotatable bonds is 5. The highest BCUT2D eigenvalue weighted by atomic mass is 16.5. The maximum atomic E-state index is 5.93. The van der Waals surface area contributed by atoms with Crippen LogP contribution in [0.25, 0.3) is 0 Å². The highest BCUT2D eigenvalue weighted by molar-refractivity contribution is 5.15. The van der Waals surface area contributed by atoms with E-state index < -0.39 is 0 Å². The maximum Gasteiger partial charge on any atom is 0.137 e. The molecule has 4 heterocycles. The van der Waals surface area contributed by atoms with Crippen molar-refractivity contribution in [3.63, 3.8) is 0 Å². The van der Waals surface area contributed by atoms with Gasteiger partial charge in [-0.15, -0.1) is 0 Å². The summed E-state index contributed by atoms with van der Waals surface area (Å²) in [7, 11) is 0. The van der Waals surface area contributed by atoms with E-state index in [1.54, 1.807) is 18.7 Å². The average molecular weight is 324 g/mol. The Hall–Kier alpha value is -2.60. The second-order valence-corrected chi connectivity index (χ2v) is 6.17. The molecule has 4 rings (SSSR count). The van der Waals surface area contributed by atoms with Crippen LogP contribution in [0.2, 0.25) is 0 Å². The van der Waals surface area contributed by atoms with E-state index in [4.69, 9.17) is 9.15 Å². The van der Waals surface area contributed by atoms with Gasteiger partial charge >= 0.3 is 0 Å². The van der Waals surface area contributed by atoms with Gasteiger partial charge < -0.3 is 9.15 Å². The van der Waals surface area contributed by atoms with Crippen molar-refractivity contribution < 1.29 is 9.15 Å². The van der Waals surface area contributed by atoms with Crippen LogP contribution >= 0.6 is 0 Å². The molecule has 0 spiro atoms. The first-order chi connectivity index (χ1) is 11.9. The lowest BCUT2D eigenvalue weighted by molar-refractivity contribution is 0.166. The predicted molar refractivity (Wildman–Crippen MR) is 88.3 cm³/mol. The van der Waals surface area contributed by atoms with E-state index in [9.17, 15) is 0 Å². The van der Waals surface area contributed by atoms with Gasteiger partial charge in [0.05, 0.1) is 31.0 Å². The number of nitrogens with zero attached hydrogens (tertiary/aromatic N) is 4.